The van der Waals surface area contributed by atoms with Crippen LogP contribution >= 0.6 is 7.75 Å². The van der Waals surface area contributed by atoms with Crippen molar-refractivity contribution in [3.05, 3.63) is 58.6 Å². The van der Waals surface area contributed by atoms with E-state index in [-0.39, 0.29) is 12.4 Å². The number of alkyl halides is 2. The fraction of sp³-hybridized carbons (Fsp3) is 0.450. The van der Waals surface area contributed by atoms with Crippen molar-refractivity contribution in [1.29, 1.82) is 0 Å². The Balaban J connectivity index is 1.58. The highest BCUT2D eigenvalue weighted by molar-refractivity contribution is 7.50. The third kappa shape index (κ3) is 6.48. The number of anilines is 1. The summed E-state index contributed by atoms with van der Waals surface area (Å²) in [7, 11) is -3.23. The molecule has 1 aromatic heterocycles. The minimum atomic E-state index is -4.71. The molecule has 1 fully saturated rings. The lowest BCUT2D eigenvalue weighted by atomic mass is 10.1. The molecular formula is C20H25F2N4O8P. The first-order chi connectivity index (χ1) is 16.4. The molecule has 2 heterocycles. The van der Waals surface area contributed by atoms with Crippen LogP contribution in [0.3, 0.4) is 0 Å². The molecule has 4 N–H and O–H groups in total. The smallest absolute Gasteiger partial charge is 0.403 e. The molecule has 15 heteroatoms. The Bertz CT molecular complexity index is 1140. The molecule has 0 saturated carbocycles. The predicted molar refractivity (Wildman–Crippen MR) is 118 cm³/mol. The van der Waals surface area contributed by atoms with Crippen LogP contribution in [0.4, 0.5) is 14.6 Å². The Labute approximate surface area is 198 Å². The maximum Gasteiger partial charge on any atom is 0.403 e. The summed E-state index contributed by atoms with van der Waals surface area (Å²) in [5.74, 6) is -4.66. The Morgan fingerprint density at radius 1 is 1.34 bits per heavy atom. The molecule has 1 aliphatic heterocycles. The second-order valence-electron chi connectivity index (χ2n) is 7.66. The van der Waals surface area contributed by atoms with E-state index in [0.717, 1.165) is 6.20 Å². The van der Waals surface area contributed by atoms with Gasteiger partial charge in [0.05, 0.1) is 6.61 Å². The molecule has 1 aromatic carbocycles. The van der Waals surface area contributed by atoms with Gasteiger partial charge in [-0.2, -0.15) is 13.8 Å². The highest BCUT2D eigenvalue weighted by atomic mass is 31.2. The van der Waals surface area contributed by atoms with Gasteiger partial charge in [-0.1, -0.05) is 30.3 Å². The van der Waals surface area contributed by atoms with Crippen LogP contribution in [0.2, 0.25) is 0 Å². The zero-order valence-corrected chi connectivity index (χ0v) is 19.6. The predicted octanol–water partition coefficient (Wildman–Crippen LogP) is 1.02. The highest BCUT2D eigenvalue weighted by Gasteiger charge is 2.60. The van der Waals surface area contributed by atoms with Gasteiger partial charge in [0.2, 0.25) is 6.23 Å². The van der Waals surface area contributed by atoms with E-state index in [1.807, 2.05) is 5.09 Å². The molecule has 12 nitrogen and oxygen atoms in total. The number of carbonyl (C=O) groups is 1. The Kier molecular flexibility index (Phi) is 8.36. The minimum Gasteiger partial charge on any atom is -0.460 e. The van der Waals surface area contributed by atoms with Gasteiger partial charge >= 0.3 is 25.3 Å². The lowest BCUT2D eigenvalue weighted by molar-refractivity contribution is -0.146. The molecule has 5 atom stereocenters. The molecule has 0 bridgehead atoms. The van der Waals surface area contributed by atoms with Gasteiger partial charge in [0.25, 0.3) is 0 Å². The van der Waals surface area contributed by atoms with Crippen molar-refractivity contribution < 1.29 is 42.1 Å². The topological polar surface area (TPSA) is 161 Å². The molecule has 0 amide bonds. The van der Waals surface area contributed by atoms with E-state index in [1.54, 1.807) is 30.3 Å². The Hall–Kier alpha value is -2.74. The number of benzene rings is 1. The van der Waals surface area contributed by atoms with Gasteiger partial charge in [0, 0.05) is 13.2 Å². The second-order valence-corrected chi connectivity index (χ2v) is 9.22. The number of aliphatic hydroxyl groups is 1. The van der Waals surface area contributed by atoms with Crippen LogP contribution in [0.5, 0.6) is 0 Å². The number of hydrogen-bond acceptors (Lipinski definition) is 9. The van der Waals surface area contributed by atoms with Crippen LogP contribution in [0.15, 0.2) is 47.4 Å². The highest BCUT2D eigenvalue weighted by Crippen LogP contribution is 2.44. The van der Waals surface area contributed by atoms with Gasteiger partial charge in [-0.05, 0) is 18.6 Å². The number of nitrogens with one attached hydrogen (secondary N) is 2. The van der Waals surface area contributed by atoms with E-state index in [4.69, 9.17) is 14.0 Å². The fourth-order valence-electron chi connectivity index (χ4n) is 3.20. The number of rotatable bonds is 10. The third-order valence-electron chi connectivity index (χ3n) is 5.07. The average Bonchev–Trinajstić information content (AvgIpc) is 3.04. The van der Waals surface area contributed by atoms with Crippen LogP contribution in [-0.2, 0) is 30.0 Å². The first-order valence-corrected chi connectivity index (χ1v) is 12.0. The molecule has 1 aliphatic rings. The summed E-state index contributed by atoms with van der Waals surface area (Å²) in [6.07, 6.45) is -5.45. The van der Waals surface area contributed by atoms with E-state index in [1.165, 1.54) is 20.0 Å². The van der Waals surface area contributed by atoms with Crippen LogP contribution in [0.25, 0.3) is 0 Å². The largest absolute Gasteiger partial charge is 0.460 e. The lowest BCUT2D eigenvalue weighted by Crippen LogP contribution is -2.42. The van der Waals surface area contributed by atoms with Gasteiger partial charge < -0.3 is 24.8 Å². The van der Waals surface area contributed by atoms with Crippen molar-refractivity contribution >= 4 is 19.5 Å². The first-order valence-electron chi connectivity index (χ1n) is 10.4. The molecule has 2 aromatic rings. The van der Waals surface area contributed by atoms with Crippen molar-refractivity contribution in [1.82, 2.24) is 14.6 Å². The number of halogens is 2. The number of nitrogens with zero attached hydrogens (tertiary/aromatic N) is 2. The summed E-state index contributed by atoms with van der Waals surface area (Å²) in [5.41, 5.74) is -0.359. The summed E-state index contributed by atoms with van der Waals surface area (Å²) < 4.78 is 57.0. The Morgan fingerprint density at radius 3 is 2.66 bits per heavy atom. The van der Waals surface area contributed by atoms with E-state index in [2.05, 4.69) is 10.3 Å². The number of esters is 1. The standard InChI is InChI=1S/C20H25F2N4O8P/c1-12(17(28)32-10-13-6-4-3-5-7-13)25-35(30,31)33-11-14-16(27)20(21,22)18(34-14)26-9-8-15(23-2)24-19(26)29/h3-9,12,14,16,18,27H,10-11H2,1-2H3,(H,23,24,29)(H2,25,30,31)/t12?,14-,16-,18-/m1/s1. The number of ether oxygens (including phenoxy) is 2. The molecule has 3 rings (SSSR count). The van der Waals surface area contributed by atoms with Crippen molar-refractivity contribution in [3.8, 4) is 0 Å². The van der Waals surface area contributed by atoms with E-state index in [9.17, 15) is 32.9 Å². The van der Waals surface area contributed by atoms with Crippen molar-refractivity contribution in [2.45, 2.75) is 43.9 Å². The van der Waals surface area contributed by atoms with Gasteiger partial charge in [0.1, 0.15) is 24.6 Å². The second kappa shape index (κ2) is 10.9. The van der Waals surface area contributed by atoms with Gasteiger partial charge in [-0.15, -0.1) is 0 Å². The fourth-order valence-corrected chi connectivity index (χ4v) is 4.22. The van der Waals surface area contributed by atoms with Gasteiger partial charge in [-0.3, -0.25) is 13.9 Å². The maximum atomic E-state index is 14.6. The van der Waals surface area contributed by atoms with E-state index < -0.39 is 56.4 Å². The molecule has 0 aliphatic carbocycles. The van der Waals surface area contributed by atoms with E-state index in [0.29, 0.717) is 10.1 Å². The maximum absolute atomic E-state index is 14.6. The summed E-state index contributed by atoms with van der Waals surface area (Å²) in [5, 5.41) is 14.6. The zero-order chi connectivity index (χ0) is 25.8. The van der Waals surface area contributed by atoms with Crippen LogP contribution in [-0.4, -0.2) is 63.3 Å². The van der Waals surface area contributed by atoms with Gasteiger partial charge in [-0.25, -0.2) is 14.4 Å². The monoisotopic (exact) mass is 518 g/mol. The van der Waals surface area contributed by atoms with Crippen molar-refractivity contribution in [2.24, 2.45) is 0 Å². The summed E-state index contributed by atoms with van der Waals surface area (Å²) in [6.45, 7) is 0.236. The summed E-state index contributed by atoms with van der Waals surface area (Å²) >= 11 is 0. The quantitative estimate of drug-likeness (QED) is 0.263. The molecule has 35 heavy (non-hydrogen) atoms. The number of aliphatic hydroxyl groups excluding tert-OH is 1. The minimum absolute atomic E-state index is 0.0651. The summed E-state index contributed by atoms with van der Waals surface area (Å²) in [4.78, 5) is 37.7. The van der Waals surface area contributed by atoms with E-state index >= 15 is 0 Å². The van der Waals surface area contributed by atoms with Crippen LogP contribution < -0.4 is 16.1 Å². The molecular weight excluding hydrogens is 493 g/mol. The zero-order valence-electron chi connectivity index (χ0n) is 18.7. The van der Waals surface area contributed by atoms with Crippen molar-refractivity contribution in [3.63, 3.8) is 0 Å². The summed E-state index contributed by atoms with van der Waals surface area (Å²) in [6, 6.07) is 8.69. The third-order valence-corrected chi connectivity index (χ3v) is 6.28. The lowest BCUT2D eigenvalue weighted by Gasteiger charge is -2.21. The van der Waals surface area contributed by atoms with Crippen LogP contribution in [0.1, 0.15) is 18.7 Å². The number of carbonyl (C=O) groups excluding carboxylic acids is 1. The number of hydrogen-bond donors (Lipinski definition) is 4. The molecule has 0 radical (unpaired) electrons. The molecule has 0 spiro atoms. The molecule has 2 unspecified atom stereocenters. The van der Waals surface area contributed by atoms with Crippen LogP contribution in [0, 0.1) is 0 Å². The van der Waals surface area contributed by atoms with Gasteiger partial charge in [0.15, 0.2) is 6.10 Å². The molecule has 1 saturated heterocycles. The van der Waals surface area contributed by atoms with Crippen molar-refractivity contribution in [2.75, 3.05) is 19.0 Å². The first kappa shape index (κ1) is 26.9. The normalized spacial score (nSPS) is 23.9. The average molecular weight is 518 g/mol. The SMILES string of the molecule is CNc1ccn([C@@H]2O[C@H](COP(=O)(O)NC(C)C(=O)OCc3ccccc3)[C@@H](O)C2(F)F)c(=O)n1. The number of aromatic nitrogens is 2. The Morgan fingerprint density at radius 2 is 2.03 bits per heavy atom. The molecule has 192 valence electrons.